The van der Waals surface area contributed by atoms with Crippen molar-refractivity contribution in [3.05, 3.63) is 41.5 Å². The molecule has 3 rings (SSSR count). The maximum atomic E-state index is 5.37. The molecule has 7 nitrogen and oxygen atoms in total. The molecule has 2 heterocycles. The van der Waals surface area contributed by atoms with E-state index in [1.54, 1.807) is 0 Å². The normalized spacial score (nSPS) is 15.3. The number of benzene rings is 1. The van der Waals surface area contributed by atoms with Crippen molar-refractivity contribution in [2.24, 2.45) is 4.99 Å². The number of rotatable bonds is 4. The fourth-order valence-corrected chi connectivity index (χ4v) is 3.20. The van der Waals surface area contributed by atoms with Crippen LogP contribution >= 0.6 is 24.0 Å². The summed E-state index contributed by atoms with van der Waals surface area (Å²) in [7, 11) is 0. The van der Waals surface area contributed by atoms with Crippen LogP contribution in [0.25, 0.3) is 0 Å². The molecule has 1 aliphatic rings. The van der Waals surface area contributed by atoms with Crippen molar-refractivity contribution < 1.29 is 4.52 Å². The zero-order valence-corrected chi connectivity index (χ0v) is 20.4. The number of nitrogens with zero attached hydrogens (tertiary/aromatic N) is 5. The number of anilines is 1. The monoisotopic (exact) mass is 512 g/mol. The second-order valence-corrected chi connectivity index (χ2v) is 8.25. The lowest BCUT2D eigenvalue weighted by Crippen LogP contribution is -2.52. The predicted octanol–water partition coefficient (Wildman–Crippen LogP) is 3.58. The van der Waals surface area contributed by atoms with Gasteiger partial charge >= 0.3 is 0 Å². The number of nitrogens with one attached hydrogen (secondary N) is 1. The largest absolute Gasteiger partial charge is 0.368 e. The number of aromatic nitrogens is 2. The third kappa shape index (κ3) is 6.32. The molecule has 0 amide bonds. The van der Waals surface area contributed by atoms with Gasteiger partial charge in [-0.1, -0.05) is 38.1 Å². The Labute approximate surface area is 191 Å². The molecule has 0 bridgehead atoms. The Morgan fingerprint density at radius 3 is 2.52 bits per heavy atom. The highest BCUT2D eigenvalue weighted by molar-refractivity contribution is 14.0. The Morgan fingerprint density at radius 1 is 1.21 bits per heavy atom. The first-order chi connectivity index (χ1) is 13.4. The Kier molecular flexibility index (Phi) is 8.30. The lowest BCUT2D eigenvalue weighted by atomic mass is 9.97. The summed E-state index contributed by atoms with van der Waals surface area (Å²) < 4.78 is 5.37. The highest BCUT2D eigenvalue weighted by Gasteiger charge is 2.22. The first-order valence-corrected chi connectivity index (χ1v) is 10.0. The van der Waals surface area contributed by atoms with E-state index in [1.807, 2.05) is 0 Å². The molecule has 8 heteroatoms. The molecule has 2 aromatic rings. The van der Waals surface area contributed by atoms with Crippen LogP contribution in [-0.2, 0) is 12.0 Å². The average molecular weight is 512 g/mol. The molecule has 0 spiro atoms. The molecule has 1 aromatic heterocycles. The van der Waals surface area contributed by atoms with E-state index in [2.05, 4.69) is 84.1 Å². The molecule has 1 N–H and O–H groups in total. The van der Waals surface area contributed by atoms with Crippen LogP contribution in [0.1, 0.15) is 45.0 Å². The fourth-order valence-electron chi connectivity index (χ4n) is 3.20. The molecular weight excluding hydrogens is 479 g/mol. The van der Waals surface area contributed by atoms with Crippen molar-refractivity contribution >= 4 is 35.6 Å². The fraction of sp³-hybridized carbons (Fsp3) is 0.571. The quantitative estimate of drug-likeness (QED) is 0.384. The van der Waals surface area contributed by atoms with Gasteiger partial charge in [0.05, 0.1) is 0 Å². The van der Waals surface area contributed by atoms with E-state index < -0.39 is 0 Å². The predicted molar refractivity (Wildman–Crippen MR) is 128 cm³/mol. The van der Waals surface area contributed by atoms with Gasteiger partial charge in [0, 0.05) is 43.8 Å². The molecule has 1 aromatic carbocycles. The van der Waals surface area contributed by atoms with Crippen LogP contribution < -0.4 is 10.2 Å². The summed E-state index contributed by atoms with van der Waals surface area (Å²) in [5.41, 5.74) is 2.44. The molecule has 160 valence electrons. The average Bonchev–Trinajstić information content (AvgIpc) is 3.15. The third-order valence-electron chi connectivity index (χ3n) is 4.76. The molecule has 1 fully saturated rings. The van der Waals surface area contributed by atoms with Gasteiger partial charge in [0.1, 0.15) is 6.54 Å². The molecule has 1 saturated heterocycles. The summed E-state index contributed by atoms with van der Waals surface area (Å²) in [6.07, 6.45) is 0. The van der Waals surface area contributed by atoms with Crippen LogP contribution in [0.4, 0.5) is 5.69 Å². The van der Waals surface area contributed by atoms with E-state index in [4.69, 9.17) is 9.52 Å². The van der Waals surface area contributed by atoms with Gasteiger partial charge in [-0.2, -0.15) is 4.98 Å². The van der Waals surface area contributed by atoms with Crippen LogP contribution in [0, 0.1) is 6.92 Å². The summed E-state index contributed by atoms with van der Waals surface area (Å²) in [5.74, 6) is 2.18. The molecule has 0 radical (unpaired) electrons. The molecule has 0 saturated carbocycles. The number of hydrogen-bond donors (Lipinski definition) is 1. The molecule has 0 atom stereocenters. The van der Waals surface area contributed by atoms with Crippen molar-refractivity contribution in [2.75, 3.05) is 37.6 Å². The minimum atomic E-state index is -0.147. The van der Waals surface area contributed by atoms with Gasteiger partial charge in [-0.3, -0.25) is 0 Å². The van der Waals surface area contributed by atoms with E-state index in [9.17, 15) is 0 Å². The van der Waals surface area contributed by atoms with E-state index in [0.717, 1.165) is 38.7 Å². The summed E-state index contributed by atoms with van der Waals surface area (Å²) >= 11 is 0. The SMILES string of the molecule is CCNC(=NCc1noc(C(C)(C)C)n1)N1CCN(c2cccc(C)c2)CC1.I. The van der Waals surface area contributed by atoms with Crippen LogP contribution in [0.3, 0.4) is 0 Å². The Bertz CT molecular complexity index is 805. The van der Waals surface area contributed by atoms with Gasteiger partial charge in [0.2, 0.25) is 5.89 Å². The molecule has 1 aliphatic heterocycles. The summed E-state index contributed by atoms with van der Waals surface area (Å²) in [6.45, 7) is 15.5. The van der Waals surface area contributed by atoms with E-state index in [-0.39, 0.29) is 29.4 Å². The number of aryl methyl sites for hydroxylation is 1. The Morgan fingerprint density at radius 2 is 1.93 bits per heavy atom. The first-order valence-electron chi connectivity index (χ1n) is 10.0. The topological polar surface area (TPSA) is 69.8 Å². The van der Waals surface area contributed by atoms with Gasteiger partial charge < -0.3 is 19.6 Å². The molecule has 0 aliphatic carbocycles. The second-order valence-electron chi connectivity index (χ2n) is 8.25. The van der Waals surface area contributed by atoms with Crippen molar-refractivity contribution in [2.45, 2.75) is 46.6 Å². The second kappa shape index (κ2) is 10.3. The van der Waals surface area contributed by atoms with Gasteiger partial charge in [0.15, 0.2) is 11.8 Å². The Balaban J connectivity index is 0.00000300. The van der Waals surface area contributed by atoms with Crippen molar-refractivity contribution in [3.8, 4) is 0 Å². The standard InChI is InChI=1S/C21H32N6O.HI/c1-6-22-20(23-15-18-24-19(28-25-18)21(3,4)5)27-12-10-26(11-13-27)17-9-7-8-16(2)14-17;/h7-9,14H,6,10-13,15H2,1-5H3,(H,22,23);1H. The van der Waals surface area contributed by atoms with Crippen molar-refractivity contribution in [3.63, 3.8) is 0 Å². The summed E-state index contributed by atoms with van der Waals surface area (Å²) in [5, 5.41) is 7.47. The lowest BCUT2D eigenvalue weighted by Gasteiger charge is -2.37. The molecular formula is C21H33IN6O. The van der Waals surface area contributed by atoms with E-state index in [1.165, 1.54) is 11.3 Å². The number of piperazine rings is 1. The Hall–Kier alpha value is -1.84. The van der Waals surface area contributed by atoms with E-state index in [0.29, 0.717) is 18.3 Å². The van der Waals surface area contributed by atoms with Crippen LogP contribution in [0.2, 0.25) is 0 Å². The minimum Gasteiger partial charge on any atom is -0.368 e. The van der Waals surface area contributed by atoms with Crippen LogP contribution in [0.5, 0.6) is 0 Å². The number of halogens is 1. The van der Waals surface area contributed by atoms with Gasteiger partial charge in [-0.15, -0.1) is 24.0 Å². The number of guanidine groups is 1. The summed E-state index contributed by atoms with van der Waals surface area (Å²) in [4.78, 5) is 14.0. The van der Waals surface area contributed by atoms with Crippen molar-refractivity contribution in [1.82, 2.24) is 20.4 Å². The third-order valence-corrected chi connectivity index (χ3v) is 4.76. The zero-order valence-electron chi connectivity index (χ0n) is 18.1. The summed E-state index contributed by atoms with van der Waals surface area (Å²) in [6, 6.07) is 8.70. The van der Waals surface area contributed by atoms with Crippen LogP contribution in [-0.4, -0.2) is 53.7 Å². The van der Waals surface area contributed by atoms with E-state index >= 15 is 0 Å². The lowest BCUT2D eigenvalue weighted by molar-refractivity contribution is 0.318. The first kappa shape index (κ1) is 23.4. The smallest absolute Gasteiger partial charge is 0.232 e. The molecule has 0 unspecified atom stereocenters. The van der Waals surface area contributed by atoms with Gasteiger partial charge in [0.25, 0.3) is 0 Å². The molecule has 29 heavy (non-hydrogen) atoms. The van der Waals surface area contributed by atoms with Gasteiger partial charge in [-0.25, -0.2) is 4.99 Å². The number of aliphatic imine (C=N–C) groups is 1. The zero-order chi connectivity index (χ0) is 20.1. The highest BCUT2D eigenvalue weighted by Crippen LogP contribution is 2.20. The maximum absolute atomic E-state index is 5.37. The van der Waals surface area contributed by atoms with Gasteiger partial charge in [-0.05, 0) is 31.5 Å². The minimum absolute atomic E-state index is 0. The van der Waals surface area contributed by atoms with Crippen LogP contribution in [0.15, 0.2) is 33.8 Å². The maximum Gasteiger partial charge on any atom is 0.232 e. The highest BCUT2D eigenvalue weighted by atomic mass is 127. The van der Waals surface area contributed by atoms with Crippen molar-refractivity contribution in [1.29, 1.82) is 0 Å². The number of hydrogen-bond acceptors (Lipinski definition) is 5.